The molecule has 0 bridgehead atoms. The summed E-state index contributed by atoms with van der Waals surface area (Å²) in [5.74, 6) is -0.578. The number of halogens is 1. The van der Waals surface area contributed by atoms with Gasteiger partial charge in [0.25, 0.3) is 0 Å². The van der Waals surface area contributed by atoms with E-state index in [0.717, 1.165) is 41.4 Å². The van der Waals surface area contributed by atoms with Gasteiger partial charge in [0.05, 0.1) is 17.9 Å². The predicted octanol–water partition coefficient (Wildman–Crippen LogP) is 3.39. The van der Waals surface area contributed by atoms with Gasteiger partial charge >= 0.3 is 5.97 Å². The van der Waals surface area contributed by atoms with Crippen molar-refractivity contribution in [1.29, 1.82) is 0 Å². The lowest BCUT2D eigenvalue weighted by molar-refractivity contribution is -0.146. The van der Waals surface area contributed by atoms with Gasteiger partial charge in [-0.15, -0.1) is 0 Å². The average molecular weight is 364 g/mol. The Labute approximate surface area is 137 Å². The van der Waals surface area contributed by atoms with Gasteiger partial charge in [0.15, 0.2) is 0 Å². The Hall–Kier alpha value is -1.36. The molecule has 2 atom stereocenters. The fourth-order valence-corrected chi connectivity index (χ4v) is 5.35. The van der Waals surface area contributed by atoms with E-state index in [-0.39, 0.29) is 23.2 Å². The lowest BCUT2D eigenvalue weighted by atomic mass is 9.86. The molecule has 1 aliphatic heterocycles. The number of ether oxygens (including phenoxy) is 1. The molecule has 2 unspecified atom stereocenters. The van der Waals surface area contributed by atoms with Gasteiger partial charge in [-0.25, -0.2) is 0 Å². The molecule has 5 heteroatoms. The molecule has 2 aliphatic carbocycles. The molecule has 2 spiro atoms. The maximum atomic E-state index is 12.9. The summed E-state index contributed by atoms with van der Waals surface area (Å²) in [6, 6.07) is 5.82. The summed E-state index contributed by atoms with van der Waals surface area (Å²) >= 11 is 3.49. The first-order chi connectivity index (χ1) is 10.6. The minimum Gasteiger partial charge on any atom is -0.466 e. The molecule has 4 nitrogen and oxygen atoms in total. The molecule has 0 aromatic heterocycles. The zero-order valence-electron chi connectivity index (χ0n) is 12.4. The van der Waals surface area contributed by atoms with Crippen molar-refractivity contribution in [2.45, 2.75) is 38.0 Å². The van der Waals surface area contributed by atoms with E-state index in [2.05, 4.69) is 21.2 Å². The van der Waals surface area contributed by atoms with Gasteiger partial charge in [-0.05, 0) is 43.5 Å². The fourth-order valence-electron chi connectivity index (χ4n) is 4.99. The Bertz CT molecular complexity index is 680. The van der Waals surface area contributed by atoms with Gasteiger partial charge in [-0.1, -0.05) is 28.8 Å². The maximum absolute atomic E-state index is 12.9. The number of fused-ring (bicyclic) bond motifs is 3. The number of carbonyl (C=O) groups excluding carboxylic acids is 2. The predicted molar refractivity (Wildman–Crippen MR) is 85.5 cm³/mol. The number of esters is 1. The van der Waals surface area contributed by atoms with Crippen LogP contribution in [0.25, 0.3) is 0 Å². The normalized spacial score (nSPS) is 30.5. The first-order valence-electron chi connectivity index (χ1n) is 7.86. The van der Waals surface area contributed by atoms with Crippen molar-refractivity contribution >= 4 is 33.5 Å². The number of amides is 1. The van der Waals surface area contributed by atoms with Crippen molar-refractivity contribution in [1.82, 2.24) is 0 Å². The van der Waals surface area contributed by atoms with E-state index >= 15 is 0 Å². The third kappa shape index (κ3) is 1.48. The zero-order valence-corrected chi connectivity index (χ0v) is 14.0. The molecule has 0 saturated heterocycles. The standard InChI is InChI=1S/C17H18BrNO3/c1-2-22-14(20)13-16(7-3-4-8-16)17(13)11-9-10(18)5-6-12(11)19-15(17)21/h5-6,9,13H,2-4,7-8H2,1H3,(H,19,21). The fraction of sp³-hybridized carbons (Fsp3) is 0.529. The van der Waals surface area contributed by atoms with Gasteiger partial charge in [-0.2, -0.15) is 0 Å². The summed E-state index contributed by atoms with van der Waals surface area (Å²) < 4.78 is 6.24. The van der Waals surface area contributed by atoms with Gasteiger partial charge in [0, 0.05) is 15.6 Å². The average Bonchev–Trinajstić information content (AvgIpc) is 2.73. The van der Waals surface area contributed by atoms with Crippen molar-refractivity contribution in [3.05, 3.63) is 28.2 Å². The number of hydrogen-bond acceptors (Lipinski definition) is 3. The topological polar surface area (TPSA) is 55.4 Å². The van der Waals surface area contributed by atoms with Crippen molar-refractivity contribution in [3.8, 4) is 0 Å². The van der Waals surface area contributed by atoms with E-state index < -0.39 is 5.41 Å². The Kier molecular flexibility index (Phi) is 2.96. The third-order valence-corrected chi connectivity index (χ3v) is 6.21. The molecule has 1 amide bonds. The van der Waals surface area contributed by atoms with Gasteiger partial charge < -0.3 is 10.1 Å². The first-order valence-corrected chi connectivity index (χ1v) is 8.65. The Morgan fingerprint density at radius 1 is 1.41 bits per heavy atom. The number of rotatable bonds is 2. The highest BCUT2D eigenvalue weighted by atomic mass is 79.9. The summed E-state index contributed by atoms with van der Waals surface area (Å²) in [5, 5.41) is 2.99. The minimum absolute atomic E-state index is 0.0273. The van der Waals surface area contributed by atoms with Crippen LogP contribution in [0.5, 0.6) is 0 Å². The quantitative estimate of drug-likeness (QED) is 0.819. The van der Waals surface area contributed by atoms with Crippen LogP contribution in [-0.2, 0) is 19.7 Å². The van der Waals surface area contributed by atoms with E-state index in [0.29, 0.717) is 6.61 Å². The van der Waals surface area contributed by atoms with E-state index in [4.69, 9.17) is 4.74 Å². The number of nitrogens with one attached hydrogen (secondary N) is 1. The van der Waals surface area contributed by atoms with Crippen molar-refractivity contribution < 1.29 is 14.3 Å². The van der Waals surface area contributed by atoms with E-state index in [1.54, 1.807) is 0 Å². The summed E-state index contributed by atoms with van der Waals surface area (Å²) in [5.41, 5.74) is 0.850. The highest BCUT2D eigenvalue weighted by Gasteiger charge is 2.85. The number of benzene rings is 1. The summed E-state index contributed by atoms with van der Waals surface area (Å²) in [7, 11) is 0. The monoisotopic (exact) mass is 363 g/mol. The maximum Gasteiger partial charge on any atom is 0.311 e. The molecule has 2 saturated carbocycles. The second kappa shape index (κ2) is 4.57. The van der Waals surface area contributed by atoms with Crippen LogP contribution in [0.2, 0.25) is 0 Å². The molecule has 3 aliphatic rings. The second-order valence-electron chi connectivity index (χ2n) is 6.50. The van der Waals surface area contributed by atoms with Crippen LogP contribution in [0, 0.1) is 11.3 Å². The van der Waals surface area contributed by atoms with Crippen LogP contribution in [0.3, 0.4) is 0 Å². The van der Waals surface area contributed by atoms with Crippen molar-refractivity contribution in [3.63, 3.8) is 0 Å². The molecule has 1 N–H and O–H groups in total. The molecular formula is C17H18BrNO3. The number of anilines is 1. The Morgan fingerprint density at radius 2 is 2.14 bits per heavy atom. The molecule has 1 aromatic rings. The summed E-state index contributed by atoms with van der Waals surface area (Å²) in [4.78, 5) is 25.4. The van der Waals surface area contributed by atoms with Crippen LogP contribution in [0.1, 0.15) is 38.2 Å². The van der Waals surface area contributed by atoms with Crippen molar-refractivity contribution in [2.75, 3.05) is 11.9 Å². The second-order valence-corrected chi connectivity index (χ2v) is 7.42. The van der Waals surface area contributed by atoms with Crippen LogP contribution in [-0.4, -0.2) is 18.5 Å². The van der Waals surface area contributed by atoms with E-state index in [9.17, 15) is 9.59 Å². The van der Waals surface area contributed by atoms with Crippen molar-refractivity contribution in [2.24, 2.45) is 11.3 Å². The van der Waals surface area contributed by atoms with Gasteiger partial charge in [0.2, 0.25) is 5.91 Å². The number of hydrogen-bond donors (Lipinski definition) is 1. The smallest absolute Gasteiger partial charge is 0.311 e. The molecule has 1 heterocycles. The first kappa shape index (κ1) is 14.2. The van der Waals surface area contributed by atoms with Crippen LogP contribution >= 0.6 is 15.9 Å². The van der Waals surface area contributed by atoms with Crippen LogP contribution < -0.4 is 5.32 Å². The SMILES string of the molecule is CCOC(=O)C1C2(CCCC2)C12C(=O)Nc1ccc(Br)cc12. The highest BCUT2D eigenvalue weighted by Crippen LogP contribution is 2.79. The molecule has 22 heavy (non-hydrogen) atoms. The number of carbonyl (C=O) groups is 2. The Morgan fingerprint density at radius 3 is 2.82 bits per heavy atom. The summed E-state index contributed by atoms with van der Waals surface area (Å²) in [6.45, 7) is 2.17. The minimum atomic E-state index is -0.713. The van der Waals surface area contributed by atoms with E-state index in [1.807, 2.05) is 25.1 Å². The largest absolute Gasteiger partial charge is 0.466 e. The van der Waals surface area contributed by atoms with Gasteiger partial charge in [0.1, 0.15) is 0 Å². The molecule has 0 radical (unpaired) electrons. The summed E-state index contributed by atoms with van der Waals surface area (Å²) in [6.07, 6.45) is 4.01. The zero-order chi connectivity index (χ0) is 15.5. The highest BCUT2D eigenvalue weighted by molar-refractivity contribution is 9.10. The lowest BCUT2D eigenvalue weighted by Gasteiger charge is -2.14. The Balaban J connectivity index is 1.88. The van der Waals surface area contributed by atoms with Gasteiger partial charge in [-0.3, -0.25) is 9.59 Å². The van der Waals surface area contributed by atoms with E-state index in [1.165, 1.54) is 0 Å². The van der Waals surface area contributed by atoms with Crippen LogP contribution in [0.15, 0.2) is 22.7 Å². The molecule has 4 rings (SSSR count). The lowest BCUT2D eigenvalue weighted by Crippen LogP contribution is -2.27. The molecule has 1 aromatic carbocycles. The molecule has 2 fully saturated rings. The molecular weight excluding hydrogens is 346 g/mol. The van der Waals surface area contributed by atoms with Crippen LogP contribution in [0.4, 0.5) is 5.69 Å². The third-order valence-electron chi connectivity index (χ3n) is 5.72. The molecule has 116 valence electrons.